The van der Waals surface area contributed by atoms with Crippen LogP contribution in [0.25, 0.3) is 10.4 Å². The third kappa shape index (κ3) is 5.74. The summed E-state index contributed by atoms with van der Waals surface area (Å²) < 4.78 is 5.14. The largest absolute Gasteiger partial charge is 0.446 e. The van der Waals surface area contributed by atoms with Crippen molar-refractivity contribution in [3.63, 3.8) is 0 Å². The van der Waals surface area contributed by atoms with Gasteiger partial charge in [0.25, 0.3) is 5.91 Å². The summed E-state index contributed by atoms with van der Waals surface area (Å²) in [6.07, 6.45) is 4.34. The van der Waals surface area contributed by atoms with Gasteiger partial charge < -0.3 is 21.1 Å². The molecule has 10 heteroatoms. The van der Waals surface area contributed by atoms with Crippen LogP contribution in [0.1, 0.15) is 66.5 Å². The highest BCUT2D eigenvalue weighted by molar-refractivity contribution is 7.15. The minimum absolute atomic E-state index is 0.0146. The fourth-order valence-corrected chi connectivity index (χ4v) is 5.31. The monoisotopic (exact) mass is 482 g/mol. The summed E-state index contributed by atoms with van der Waals surface area (Å²) in [6, 6.07) is 7.66. The van der Waals surface area contributed by atoms with Gasteiger partial charge in [-0.1, -0.05) is 6.07 Å². The Kier molecular flexibility index (Phi) is 7.16. The highest BCUT2D eigenvalue weighted by Gasteiger charge is 2.27. The van der Waals surface area contributed by atoms with Crippen molar-refractivity contribution in [2.24, 2.45) is 5.73 Å². The third-order valence-electron chi connectivity index (χ3n) is 5.76. The lowest BCUT2D eigenvalue weighted by molar-refractivity contribution is 0.0786. The number of rotatable bonds is 7. The number of primary amides is 1. The summed E-state index contributed by atoms with van der Waals surface area (Å²) in [5.41, 5.74) is 8.30. The van der Waals surface area contributed by atoms with E-state index in [1.807, 2.05) is 51.2 Å². The summed E-state index contributed by atoms with van der Waals surface area (Å²) in [7, 11) is 0. The molecule has 4 rings (SSSR count). The van der Waals surface area contributed by atoms with E-state index in [-0.39, 0.29) is 18.1 Å². The second kappa shape index (κ2) is 10.3. The standard InChI is InChI=1S/C24H30N6O3S/c1-13(2)27-22(31)19-11-16(28-21-10-14(3)29-30-21)6-9-18(19)20-12-26-23(34-20)15-4-7-17(8-5-15)33-24(25)32/h6,9-13,15,17H,4-5,7-8H2,1-3H3,(H2,25,32)(H,27,31)(H2,28,29,30). The van der Waals surface area contributed by atoms with Crippen molar-refractivity contribution in [2.45, 2.75) is 64.5 Å². The van der Waals surface area contributed by atoms with E-state index in [9.17, 15) is 9.59 Å². The number of nitrogens with two attached hydrogens (primary N) is 1. The molecule has 1 saturated carbocycles. The number of aryl methyl sites for hydroxylation is 1. The van der Waals surface area contributed by atoms with Crippen molar-refractivity contribution in [2.75, 3.05) is 5.32 Å². The molecular weight excluding hydrogens is 452 g/mol. The lowest BCUT2D eigenvalue weighted by Crippen LogP contribution is -2.30. The lowest BCUT2D eigenvalue weighted by Gasteiger charge is -2.26. The van der Waals surface area contributed by atoms with Gasteiger partial charge in [0.15, 0.2) is 5.82 Å². The Morgan fingerprint density at radius 2 is 1.97 bits per heavy atom. The first-order chi connectivity index (χ1) is 16.3. The predicted octanol–water partition coefficient (Wildman–Crippen LogP) is 4.84. The van der Waals surface area contributed by atoms with E-state index in [0.29, 0.717) is 17.3 Å². The Balaban J connectivity index is 1.56. The number of carbonyl (C=O) groups excluding carboxylic acids is 2. The second-order valence-electron chi connectivity index (χ2n) is 8.92. The van der Waals surface area contributed by atoms with Crippen LogP contribution in [0.4, 0.5) is 16.3 Å². The summed E-state index contributed by atoms with van der Waals surface area (Å²) >= 11 is 1.61. The van der Waals surface area contributed by atoms with Crippen LogP contribution < -0.4 is 16.4 Å². The number of ether oxygens (including phenoxy) is 1. The Labute approximate surface area is 202 Å². The maximum absolute atomic E-state index is 13.1. The molecule has 2 aromatic heterocycles. The molecule has 0 spiro atoms. The molecular formula is C24H30N6O3S. The summed E-state index contributed by atoms with van der Waals surface area (Å²) in [5.74, 6) is 0.866. The maximum atomic E-state index is 13.1. The van der Waals surface area contributed by atoms with Gasteiger partial charge in [-0.3, -0.25) is 9.89 Å². The predicted molar refractivity (Wildman–Crippen MR) is 132 cm³/mol. The Morgan fingerprint density at radius 3 is 2.62 bits per heavy atom. The topological polar surface area (TPSA) is 135 Å². The van der Waals surface area contributed by atoms with E-state index in [4.69, 9.17) is 10.5 Å². The Hall–Kier alpha value is -3.40. The van der Waals surface area contributed by atoms with Crippen LogP contribution in [0.3, 0.4) is 0 Å². The van der Waals surface area contributed by atoms with Crippen molar-refractivity contribution >= 4 is 34.8 Å². The summed E-state index contributed by atoms with van der Waals surface area (Å²) in [5, 5.41) is 14.4. The van der Waals surface area contributed by atoms with Gasteiger partial charge in [0.1, 0.15) is 6.10 Å². The first-order valence-electron chi connectivity index (χ1n) is 11.4. The van der Waals surface area contributed by atoms with E-state index < -0.39 is 6.09 Å². The number of benzene rings is 1. The molecule has 0 unspecified atom stereocenters. The van der Waals surface area contributed by atoms with Gasteiger partial charge in [0, 0.05) is 41.2 Å². The SMILES string of the molecule is Cc1cc(Nc2ccc(-c3cnc(C4CCC(OC(N)=O)CC4)s3)c(C(=O)NC(C)C)c2)n[nH]1. The van der Waals surface area contributed by atoms with Crippen LogP contribution in [-0.4, -0.2) is 39.3 Å². The van der Waals surface area contributed by atoms with E-state index in [0.717, 1.165) is 52.5 Å². The third-order valence-corrected chi connectivity index (χ3v) is 6.95. The van der Waals surface area contributed by atoms with E-state index in [1.54, 1.807) is 11.3 Å². The molecule has 0 bridgehead atoms. The lowest BCUT2D eigenvalue weighted by atomic mass is 9.88. The highest BCUT2D eigenvalue weighted by atomic mass is 32.1. The molecule has 0 atom stereocenters. The molecule has 0 radical (unpaired) electrons. The normalized spacial score (nSPS) is 18.0. The van der Waals surface area contributed by atoms with Crippen LogP contribution in [0.5, 0.6) is 0 Å². The number of nitrogens with zero attached hydrogens (tertiary/aromatic N) is 2. The number of thiazole rings is 1. The van der Waals surface area contributed by atoms with Crippen molar-refractivity contribution < 1.29 is 14.3 Å². The average Bonchev–Trinajstić information content (AvgIpc) is 3.43. The molecule has 5 N–H and O–H groups in total. The molecule has 1 fully saturated rings. The first-order valence-corrected chi connectivity index (χ1v) is 12.3. The molecule has 0 aliphatic heterocycles. The second-order valence-corrected chi connectivity index (χ2v) is 9.99. The number of nitrogens with one attached hydrogen (secondary N) is 3. The maximum Gasteiger partial charge on any atom is 0.404 e. The van der Waals surface area contributed by atoms with Crippen LogP contribution in [0.2, 0.25) is 0 Å². The number of aromatic amines is 1. The molecule has 3 aromatic rings. The quantitative estimate of drug-likeness (QED) is 0.380. The van der Waals surface area contributed by atoms with Crippen molar-refractivity contribution in [1.82, 2.24) is 20.5 Å². The molecule has 1 aromatic carbocycles. The van der Waals surface area contributed by atoms with Gasteiger partial charge in [0.05, 0.1) is 15.4 Å². The number of hydrogen-bond acceptors (Lipinski definition) is 7. The molecule has 34 heavy (non-hydrogen) atoms. The van der Waals surface area contributed by atoms with Crippen molar-refractivity contribution in [3.05, 3.63) is 46.7 Å². The smallest absolute Gasteiger partial charge is 0.404 e. The fourth-order valence-electron chi connectivity index (χ4n) is 4.19. The molecule has 0 saturated heterocycles. The van der Waals surface area contributed by atoms with Gasteiger partial charge >= 0.3 is 6.09 Å². The Bertz CT molecular complexity index is 1160. The molecule has 1 aliphatic rings. The number of anilines is 2. The Morgan fingerprint density at radius 1 is 1.21 bits per heavy atom. The van der Waals surface area contributed by atoms with Gasteiger partial charge in [0.2, 0.25) is 0 Å². The molecule has 2 heterocycles. The van der Waals surface area contributed by atoms with Crippen molar-refractivity contribution in [1.29, 1.82) is 0 Å². The highest BCUT2D eigenvalue weighted by Crippen LogP contribution is 2.39. The summed E-state index contributed by atoms with van der Waals surface area (Å²) in [4.78, 5) is 29.7. The van der Waals surface area contributed by atoms with Crippen LogP contribution in [0.15, 0.2) is 30.5 Å². The molecule has 9 nitrogen and oxygen atoms in total. The van der Waals surface area contributed by atoms with Gasteiger partial charge in [-0.25, -0.2) is 9.78 Å². The zero-order valence-corrected chi connectivity index (χ0v) is 20.4. The van der Waals surface area contributed by atoms with Crippen LogP contribution in [0, 0.1) is 6.92 Å². The molecule has 2 amide bonds. The number of carbonyl (C=O) groups is 2. The van der Waals surface area contributed by atoms with Gasteiger partial charge in [-0.2, -0.15) is 5.10 Å². The first kappa shape index (κ1) is 23.7. The van der Waals surface area contributed by atoms with Crippen molar-refractivity contribution in [3.8, 4) is 10.4 Å². The number of H-pyrrole nitrogens is 1. The zero-order valence-electron chi connectivity index (χ0n) is 19.6. The number of hydrogen-bond donors (Lipinski definition) is 4. The van der Waals surface area contributed by atoms with Gasteiger partial charge in [-0.15, -0.1) is 11.3 Å². The minimum atomic E-state index is -0.715. The van der Waals surface area contributed by atoms with Crippen LogP contribution >= 0.6 is 11.3 Å². The molecule has 1 aliphatic carbocycles. The molecule has 180 valence electrons. The fraction of sp³-hybridized carbons (Fsp3) is 0.417. The average molecular weight is 483 g/mol. The van der Waals surface area contributed by atoms with E-state index in [2.05, 4.69) is 25.8 Å². The van der Waals surface area contributed by atoms with E-state index >= 15 is 0 Å². The minimum Gasteiger partial charge on any atom is -0.446 e. The number of amides is 2. The van der Waals surface area contributed by atoms with Crippen LogP contribution in [-0.2, 0) is 4.74 Å². The number of aromatic nitrogens is 3. The summed E-state index contributed by atoms with van der Waals surface area (Å²) in [6.45, 7) is 5.81. The zero-order chi connectivity index (χ0) is 24.2. The van der Waals surface area contributed by atoms with E-state index in [1.165, 1.54) is 0 Å². The van der Waals surface area contributed by atoms with Gasteiger partial charge in [-0.05, 0) is 58.6 Å².